The van der Waals surface area contributed by atoms with Crippen molar-refractivity contribution in [3.63, 3.8) is 0 Å². The quantitative estimate of drug-likeness (QED) is 0.398. The Morgan fingerprint density at radius 2 is 1.79 bits per heavy atom. The number of Topliss-reactive ketones (excluding diaryl/α,β-unsaturated/α-hetero) is 1. The molecule has 1 amide bonds. The summed E-state index contributed by atoms with van der Waals surface area (Å²) in [5.41, 5.74) is 1.56. The molecule has 29 heavy (non-hydrogen) atoms. The van der Waals surface area contributed by atoms with Crippen molar-refractivity contribution in [1.29, 1.82) is 0 Å². The molecule has 154 valence electrons. The van der Waals surface area contributed by atoms with Crippen LogP contribution in [0.5, 0.6) is 0 Å². The summed E-state index contributed by atoms with van der Waals surface area (Å²) >= 11 is 0. The zero-order chi connectivity index (χ0) is 21.2. The zero-order valence-electron chi connectivity index (χ0n) is 17.0. The predicted molar refractivity (Wildman–Crippen MR) is 106 cm³/mol. The van der Waals surface area contributed by atoms with Gasteiger partial charge >= 0.3 is 12.1 Å². The van der Waals surface area contributed by atoms with Crippen LogP contribution in [0.25, 0.3) is 0 Å². The number of ketones is 1. The van der Waals surface area contributed by atoms with Crippen molar-refractivity contribution in [2.75, 3.05) is 7.11 Å². The lowest BCUT2D eigenvalue weighted by Crippen LogP contribution is -2.41. The molecule has 7 heteroatoms. The van der Waals surface area contributed by atoms with Crippen molar-refractivity contribution in [2.45, 2.75) is 39.5 Å². The van der Waals surface area contributed by atoms with E-state index in [-0.39, 0.29) is 25.0 Å². The summed E-state index contributed by atoms with van der Waals surface area (Å²) in [6, 6.07) is 13.1. The molecule has 7 nitrogen and oxygen atoms in total. The molecular formula is C22H27N2O5+. The maximum atomic E-state index is 12.3. The number of benzene rings is 1. The van der Waals surface area contributed by atoms with E-state index in [1.54, 1.807) is 36.0 Å². The van der Waals surface area contributed by atoms with Crippen LogP contribution >= 0.6 is 0 Å². The Balaban J connectivity index is 1.84. The smallest absolute Gasteiger partial charge is 0.412 e. The summed E-state index contributed by atoms with van der Waals surface area (Å²) in [6.07, 6.45) is 3.51. The number of alkyl carbamates (subject to hydrolysis) is 1. The summed E-state index contributed by atoms with van der Waals surface area (Å²) in [5, 5.41) is 2.79. The second-order valence-corrected chi connectivity index (χ2v) is 6.95. The molecule has 0 radical (unpaired) electrons. The number of carbonyl (C=O) groups excluding carboxylic acids is 3. The lowest BCUT2D eigenvalue weighted by atomic mass is 10.0. The van der Waals surface area contributed by atoms with Gasteiger partial charge in [0.2, 0.25) is 0 Å². The van der Waals surface area contributed by atoms with E-state index in [9.17, 15) is 14.4 Å². The highest BCUT2D eigenvalue weighted by Crippen LogP contribution is 2.10. The Morgan fingerprint density at radius 3 is 2.48 bits per heavy atom. The maximum Gasteiger partial charge on any atom is 0.412 e. The second-order valence-electron chi connectivity index (χ2n) is 6.95. The van der Waals surface area contributed by atoms with Gasteiger partial charge in [0.15, 0.2) is 18.2 Å². The van der Waals surface area contributed by atoms with Crippen molar-refractivity contribution >= 4 is 17.8 Å². The number of carbonyl (C=O) groups is 3. The van der Waals surface area contributed by atoms with Crippen molar-refractivity contribution in [1.82, 2.24) is 5.32 Å². The topological polar surface area (TPSA) is 85.6 Å². The zero-order valence-corrected chi connectivity index (χ0v) is 17.0. The van der Waals surface area contributed by atoms with Gasteiger partial charge < -0.3 is 14.8 Å². The Labute approximate surface area is 170 Å². The van der Waals surface area contributed by atoms with Crippen LogP contribution in [-0.4, -0.2) is 31.0 Å². The van der Waals surface area contributed by atoms with Crippen LogP contribution in [0.1, 0.15) is 36.2 Å². The van der Waals surface area contributed by atoms with Gasteiger partial charge in [0, 0.05) is 18.5 Å². The first-order chi connectivity index (χ1) is 13.9. The monoisotopic (exact) mass is 399 g/mol. The van der Waals surface area contributed by atoms with Gasteiger partial charge in [-0.1, -0.05) is 37.3 Å². The van der Waals surface area contributed by atoms with E-state index in [0.717, 1.165) is 5.56 Å². The van der Waals surface area contributed by atoms with Gasteiger partial charge in [-0.3, -0.25) is 9.59 Å². The molecule has 0 saturated carbocycles. The minimum absolute atomic E-state index is 0.0302. The van der Waals surface area contributed by atoms with Gasteiger partial charge in [0.05, 0.1) is 18.6 Å². The first-order valence-electron chi connectivity index (χ1n) is 9.46. The molecule has 0 saturated heterocycles. The molecule has 0 spiro atoms. The first-order valence-corrected chi connectivity index (χ1v) is 9.46. The van der Waals surface area contributed by atoms with Crippen LogP contribution in [0, 0.1) is 5.92 Å². The third-order valence-electron chi connectivity index (χ3n) is 4.37. The van der Waals surface area contributed by atoms with E-state index >= 15 is 0 Å². The number of nitrogens with zero attached hydrogens (tertiary/aromatic N) is 1. The standard InChI is InChI=1S/C22H26N2O5/c1-16(21(26)28-3)12-20(25)19-10-7-11-24(14-19)15-29-22(27)23-17(2)13-18-8-5-4-6-9-18/h4-11,14,16-17H,12-13,15H2,1-3H3/p+1/t16-,17+/m1/s1. The van der Waals surface area contributed by atoms with Crippen LogP contribution in [-0.2, 0) is 27.4 Å². The summed E-state index contributed by atoms with van der Waals surface area (Å²) in [7, 11) is 1.29. The van der Waals surface area contributed by atoms with Crippen LogP contribution in [0.15, 0.2) is 54.9 Å². The molecule has 0 aliphatic heterocycles. The highest BCUT2D eigenvalue weighted by atomic mass is 16.6. The molecule has 2 atom stereocenters. The van der Waals surface area contributed by atoms with Gasteiger partial charge in [-0.25, -0.2) is 4.79 Å². The fourth-order valence-electron chi connectivity index (χ4n) is 2.84. The number of methoxy groups -OCH3 is 1. The maximum absolute atomic E-state index is 12.3. The van der Waals surface area contributed by atoms with E-state index in [1.807, 2.05) is 37.3 Å². The minimum Gasteiger partial charge on any atom is -0.469 e. The van der Waals surface area contributed by atoms with Crippen LogP contribution < -0.4 is 9.88 Å². The normalized spacial score (nSPS) is 12.5. The van der Waals surface area contributed by atoms with Crippen molar-refractivity contribution in [3.05, 3.63) is 66.0 Å². The van der Waals surface area contributed by atoms with Crippen molar-refractivity contribution < 1.29 is 28.4 Å². The van der Waals surface area contributed by atoms with E-state index in [0.29, 0.717) is 12.0 Å². The fourth-order valence-corrected chi connectivity index (χ4v) is 2.84. The average Bonchev–Trinajstić information content (AvgIpc) is 2.72. The number of hydrogen-bond acceptors (Lipinski definition) is 5. The van der Waals surface area contributed by atoms with Crippen LogP contribution in [0.2, 0.25) is 0 Å². The number of amides is 1. The number of hydrogen-bond donors (Lipinski definition) is 1. The molecule has 0 aliphatic rings. The number of pyridine rings is 1. The molecule has 0 fully saturated rings. The molecule has 1 N–H and O–H groups in total. The number of rotatable bonds is 9. The Bertz CT molecular complexity index is 838. The first kappa shape index (κ1) is 22.1. The summed E-state index contributed by atoms with van der Waals surface area (Å²) in [4.78, 5) is 35.9. The molecule has 1 aromatic carbocycles. The lowest BCUT2D eigenvalue weighted by Gasteiger charge is -2.13. The summed E-state index contributed by atoms with van der Waals surface area (Å²) < 4.78 is 11.5. The third kappa shape index (κ3) is 7.37. The molecule has 0 aliphatic carbocycles. The summed E-state index contributed by atoms with van der Waals surface area (Å²) in [5.74, 6) is -1.13. The van der Waals surface area contributed by atoms with E-state index in [2.05, 4.69) is 10.1 Å². The molecule has 2 aromatic rings. The molecule has 0 unspecified atom stereocenters. The second kappa shape index (κ2) is 10.9. The largest absolute Gasteiger partial charge is 0.469 e. The van der Waals surface area contributed by atoms with E-state index in [4.69, 9.17) is 4.74 Å². The van der Waals surface area contributed by atoms with Gasteiger partial charge in [-0.15, -0.1) is 0 Å². The van der Waals surface area contributed by atoms with Gasteiger partial charge in [0.25, 0.3) is 6.73 Å². The van der Waals surface area contributed by atoms with Crippen molar-refractivity contribution in [3.8, 4) is 0 Å². The fraction of sp³-hybridized carbons (Fsp3) is 0.364. The molecular weight excluding hydrogens is 372 g/mol. The van der Waals surface area contributed by atoms with Crippen LogP contribution in [0.4, 0.5) is 4.79 Å². The molecule has 2 rings (SSSR count). The number of ether oxygens (including phenoxy) is 2. The Kier molecular flexibility index (Phi) is 8.33. The summed E-state index contributed by atoms with van der Waals surface area (Å²) in [6.45, 7) is 3.52. The van der Waals surface area contributed by atoms with Crippen molar-refractivity contribution in [2.24, 2.45) is 5.92 Å². The Morgan fingerprint density at radius 1 is 1.07 bits per heavy atom. The van der Waals surface area contributed by atoms with Gasteiger partial charge in [0.1, 0.15) is 0 Å². The lowest BCUT2D eigenvalue weighted by molar-refractivity contribution is -0.727. The van der Waals surface area contributed by atoms with Gasteiger partial charge in [-0.2, -0.15) is 4.57 Å². The molecule has 0 bridgehead atoms. The third-order valence-corrected chi connectivity index (χ3v) is 4.37. The highest BCUT2D eigenvalue weighted by Gasteiger charge is 2.20. The highest BCUT2D eigenvalue weighted by molar-refractivity contribution is 5.97. The number of aromatic nitrogens is 1. The average molecular weight is 399 g/mol. The van der Waals surface area contributed by atoms with E-state index < -0.39 is 18.0 Å². The number of esters is 1. The Hall–Kier alpha value is -3.22. The number of nitrogens with one attached hydrogen (secondary N) is 1. The predicted octanol–water partition coefficient (Wildman–Crippen LogP) is 2.67. The van der Waals surface area contributed by atoms with E-state index in [1.165, 1.54) is 7.11 Å². The van der Waals surface area contributed by atoms with Gasteiger partial charge in [-0.05, 0) is 25.0 Å². The minimum atomic E-state index is -0.531. The SMILES string of the molecule is COC(=O)[C@H](C)CC(=O)c1ccc[n+](COC(=O)N[C@@H](C)Cc2ccccc2)c1. The molecule has 1 aromatic heterocycles. The van der Waals surface area contributed by atoms with Crippen LogP contribution in [0.3, 0.4) is 0 Å². The molecule has 1 heterocycles.